The van der Waals surface area contributed by atoms with E-state index >= 15 is 0 Å². The summed E-state index contributed by atoms with van der Waals surface area (Å²) < 4.78 is 23.1. The van der Waals surface area contributed by atoms with Crippen LogP contribution in [-0.4, -0.2) is 29.1 Å². The van der Waals surface area contributed by atoms with Crippen LogP contribution in [0.25, 0.3) is 0 Å². The van der Waals surface area contributed by atoms with Gasteiger partial charge < -0.3 is 9.05 Å². The van der Waals surface area contributed by atoms with Crippen molar-refractivity contribution in [1.29, 1.82) is 0 Å². The lowest BCUT2D eigenvalue weighted by Crippen LogP contribution is -2.51. The van der Waals surface area contributed by atoms with Crippen molar-refractivity contribution in [3.63, 3.8) is 0 Å². The van der Waals surface area contributed by atoms with Gasteiger partial charge >= 0.3 is 7.60 Å². The predicted molar refractivity (Wildman–Crippen MR) is 67.2 cm³/mol. The summed E-state index contributed by atoms with van der Waals surface area (Å²) in [6, 6.07) is 0. The van der Waals surface area contributed by atoms with Crippen molar-refractivity contribution in [3.8, 4) is 0 Å². The lowest BCUT2D eigenvalue weighted by molar-refractivity contribution is -0.249. The molecule has 0 aliphatic rings. The molecular weight excluding hydrogens is 241 g/mol. The number of hydrogen-bond donors (Lipinski definition) is 0. The van der Waals surface area contributed by atoms with Crippen LogP contribution in [0.15, 0.2) is 0 Å². The second kappa shape index (κ2) is 5.81. The fourth-order valence-corrected chi connectivity index (χ4v) is 3.53. The Kier molecular flexibility index (Phi) is 5.83. The minimum Gasteiger partial charge on any atom is -0.308 e. The molecule has 0 atom stereocenters. The summed E-state index contributed by atoms with van der Waals surface area (Å²) in [5.74, 6) is 0. The van der Waals surface area contributed by atoms with Crippen LogP contribution in [0.5, 0.6) is 0 Å². The van der Waals surface area contributed by atoms with Gasteiger partial charge in [0, 0.05) is 5.54 Å². The van der Waals surface area contributed by atoms with Crippen LogP contribution >= 0.6 is 7.60 Å². The Hall–Kier alpha value is 0.0700. The molecule has 0 N–H and O–H groups in total. The van der Waals surface area contributed by atoms with Crippen molar-refractivity contribution >= 4 is 7.60 Å². The zero-order valence-electron chi connectivity index (χ0n) is 11.9. The summed E-state index contributed by atoms with van der Waals surface area (Å²) in [6.45, 7) is 12.5. The fourth-order valence-electron chi connectivity index (χ4n) is 1.63. The summed E-state index contributed by atoms with van der Waals surface area (Å²) in [6.07, 6.45) is 0. The minimum absolute atomic E-state index is 0.249. The summed E-state index contributed by atoms with van der Waals surface area (Å²) in [5, 5.41) is 11.9. The first-order valence-corrected chi connectivity index (χ1v) is 7.44. The van der Waals surface area contributed by atoms with E-state index in [2.05, 4.69) is 0 Å². The molecule has 0 aromatic heterocycles. The standard InChI is InChI=1S/C11H25NO4P/c1-8-15-17(14,16-9-2)11(6,7)12(13)10(3,4)5/h8-9H2,1-7H3. The molecule has 17 heavy (non-hydrogen) atoms. The number of nitrogens with zero attached hydrogens (tertiary/aromatic N) is 1. The molecule has 0 saturated carbocycles. The van der Waals surface area contributed by atoms with Crippen LogP contribution in [0, 0.1) is 0 Å². The Morgan fingerprint density at radius 1 is 1.00 bits per heavy atom. The van der Waals surface area contributed by atoms with Crippen molar-refractivity contribution in [1.82, 2.24) is 5.06 Å². The Bertz CT molecular complexity index is 276. The van der Waals surface area contributed by atoms with Crippen molar-refractivity contribution in [2.45, 2.75) is 59.3 Å². The van der Waals surface area contributed by atoms with Gasteiger partial charge in [0.05, 0.1) is 13.2 Å². The van der Waals surface area contributed by atoms with E-state index in [0.29, 0.717) is 0 Å². The highest BCUT2D eigenvalue weighted by Crippen LogP contribution is 2.61. The van der Waals surface area contributed by atoms with Crippen LogP contribution in [0.2, 0.25) is 0 Å². The van der Waals surface area contributed by atoms with E-state index in [1.807, 2.05) is 0 Å². The van der Waals surface area contributed by atoms with Crippen LogP contribution in [0.3, 0.4) is 0 Å². The van der Waals surface area contributed by atoms with Crippen molar-refractivity contribution in [2.75, 3.05) is 13.2 Å². The van der Waals surface area contributed by atoms with E-state index in [4.69, 9.17) is 9.05 Å². The molecule has 0 bridgehead atoms. The molecule has 0 heterocycles. The largest absolute Gasteiger partial charge is 0.352 e. The lowest BCUT2D eigenvalue weighted by atomic mass is 10.1. The van der Waals surface area contributed by atoms with Crippen LogP contribution in [0.4, 0.5) is 0 Å². The molecule has 0 fully saturated rings. The maximum Gasteiger partial charge on any atom is 0.352 e. The van der Waals surface area contributed by atoms with E-state index < -0.39 is 18.4 Å². The lowest BCUT2D eigenvalue weighted by Gasteiger charge is -2.42. The van der Waals surface area contributed by atoms with Gasteiger partial charge in [0.1, 0.15) is 5.28 Å². The van der Waals surface area contributed by atoms with Gasteiger partial charge in [-0.1, -0.05) is 0 Å². The van der Waals surface area contributed by atoms with Gasteiger partial charge in [0.25, 0.3) is 0 Å². The van der Waals surface area contributed by atoms with Gasteiger partial charge in [-0.2, -0.15) is 0 Å². The monoisotopic (exact) mass is 266 g/mol. The molecule has 103 valence electrons. The third kappa shape index (κ3) is 3.76. The Morgan fingerprint density at radius 2 is 1.35 bits per heavy atom. The molecule has 0 aliphatic heterocycles. The van der Waals surface area contributed by atoms with Gasteiger partial charge in [-0.05, 0) is 48.5 Å². The molecule has 0 aliphatic carbocycles. The Balaban J connectivity index is 5.29. The van der Waals surface area contributed by atoms with Crippen LogP contribution in [0.1, 0.15) is 48.5 Å². The maximum absolute atomic E-state index is 12.6. The second-order valence-corrected chi connectivity index (χ2v) is 7.90. The molecule has 0 saturated heterocycles. The zero-order valence-corrected chi connectivity index (χ0v) is 12.8. The molecule has 0 aromatic carbocycles. The molecule has 1 radical (unpaired) electrons. The molecule has 0 unspecified atom stereocenters. The first-order chi connectivity index (χ1) is 7.53. The van der Waals surface area contributed by atoms with E-state index in [9.17, 15) is 9.77 Å². The highest BCUT2D eigenvalue weighted by molar-refractivity contribution is 7.55. The predicted octanol–water partition coefficient (Wildman–Crippen LogP) is 3.43. The third-order valence-electron chi connectivity index (χ3n) is 2.37. The van der Waals surface area contributed by atoms with Gasteiger partial charge in [-0.25, -0.2) is 0 Å². The van der Waals surface area contributed by atoms with E-state index in [1.165, 1.54) is 0 Å². The highest BCUT2D eigenvalue weighted by Gasteiger charge is 2.51. The van der Waals surface area contributed by atoms with Gasteiger partial charge in [0.15, 0.2) is 0 Å². The number of rotatable bonds is 6. The molecule has 5 nitrogen and oxygen atoms in total. The first kappa shape index (κ1) is 17.1. The molecule has 0 spiro atoms. The zero-order chi connectivity index (χ0) is 13.9. The normalized spacial score (nSPS) is 14.4. The smallest absolute Gasteiger partial charge is 0.308 e. The fraction of sp³-hybridized carbons (Fsp3) is 1.00. The second-order valence-electron chi connectivity index (χ2n) is 5.29. The summed E-state index contributed by atoms with van der Waals surface area (Å²) in [5.41, 5.74) is -0.659. The average Bonchev–Trinajstić information content (AvgIpc) is 2.15. The molecular formula is C11H25NO4P. The summed E-state index contributed by atoms with van der Waals surface area (Å²) >= 11 is 0. The Morgan fingerprint density at radius 3 is 1.59 bits per heavy atom. The van der Waals surface area contributed by atoms with Crippen molar-refractivity contribution in [2.24, 2.45) is 0 Å². The first-order valence-electron chi connectivity index (χ1n) is 5.89. The third-order valence-corrected chi connectivity index (χ3v) is 5.09. The topological polar surface area (TPSA) is 58.7 Å². The van der Waals surface area contributed by atoms with Gasteiger partial charge in [-0.15, -0.1) is 10.3 Å². The molecule has 0 amide bonds. The maximum atomic E-state index is 12.6. The van der Waals surface area contributed by atoms with E-state index in [0.717, 1.165) is 5.06 Å². The summed E-state index contributed by atoms with van der Waals surface area (Å²) in [4.78, 5) is 0. The molecule has 0 aromatic rings. The number of hydrogen-bond acceptors (Lipinski definition) is 4. The Labute approximate surface area is 105 Å². The van der Waals surface area contributed by atoms with Gasteiger partial charge in [0.2, 0.25) is 0 Å². The van der Waals surface area contributed by atoms with E-state index in [1.54, 1.807) is 48.5 Å². The minimum atomic E-state index is -3.46. The quantitative estimate of drug-likeness (QED) is 0.546. The van der Waals surface area contributed by atoms with Crippen molar-refractivity contribution < 1.29 is 18.8 Å². The average molecular weight is 266 g/mol. The number of hydroxylamine groups is 2. The van der Waals surface area contributed by atoms with Crippen molar-refractivity contribution in [3.05, 3.63) is 0 Å². The molecule has 6 heteroatoms. The summed E-state index contributed by atoms with van der Waals surface area (Å²) in [7, 11) is -3.46. The highest BCUT2D eigenvalue weighted by atomic mass is 31.2. The van der Waals surface area contributed by atoms with E-state index in [-0.39, 0.29) is 13.2 Å². The van der Waals surface area contributed by atoms with Crippen LogP contribution in [-0.2, 0) is 18.8 Å². The van der Waals surface area contributed by atoms with Gasteiger partial charge in [-0.3, -0.25) is 4.57 Å². The molecule has 0 rings (SSSR count). The van der Waals surface area contributed by atoms with Crippen LogP contribution < -0.4 is 0 Å². The SMILES string of the molecule is CCOP(=O)(OCC)C(C)(C)N([O])C(C)(C)C.